The molecule has 0 radical (unpaired) electrons. The van der Waals surface area contributed by atoms with Crippen LogP contribution >= 0.6 is 11.3 Å². The first kappa shape index (κ1) is 21.8. The number of aliphatic hydroxyl groups is 1. The minimum atomic E-state index is -1.03. The average Bonchev–Trinajstić information content (AvgIpc) is 3.19. The predicted molar refractivity (Wildman–Crippen MR) is 111 cm³/mol. The number of nitrogens with one attached hydrogen (secondary N) is 3. The molecule has 8 heteroatoms. The second-order valence-electron chi connectivity index (χ2n) is 6.53. The van der Waals surface area contributed by atoms with Crippen LogP contribution in [0.4, 0.5) is 4.39 Å². The smallest absolute Gasteiger partial charge is 0.224 e. The van der Waals surface area contributed by atoms with Crippen molar-refractivity contribution in [2.24, 2.45) is 4.99 Å². The van der Waals surface area contributed by atoms with Crippen LogP contribution in [-0.4, -0.2) is 43.2 Å². The van der Waals surface area contributed by atoms with Crippen LogP contribution in [0, 0.1) is 5.82 Å². The molecule has 1 heterocycles. The van der Waals surface area contributed by atoms with Crippen LogP contribution in [-0.2, 0) is 16.8 Å². The van der Waals surface area contributed by atoms with E-state index in [4.69, 9.17) is 0 Å². The van der Waals surface area contributed by atoms with Crippen LogP contribution in [0.3, 0.4) is 0 Å². The van der Waals surface area contributed by atoms with Gasteiger partial charge in [-0.15, -0.1) is 11.3 Å². The van der Waals surface area contributed by atoms with Gasteiger partial charge in [-0.05, 0) is 43.0 Å². The Hall–Kier alpha value is -2.45. The average molecular weight is 407 g/mol. The van der Waals surface area contributed by atoms with E-state index in [9.17, 15) is 14.3 Å². The molecule has 2 rings (SSSR count). The molecule has 1 unspecified atom stereocenters. The summed E-state index contributed by atoms with van der Waals surface area (Å²) in [5, 5.41) is 21.5. The van der Waals surface area contributed by atoms with Crippen LogP contribution in [0.5, 0.6) is 0 Å². The highest BCUT2D eigenvalue weighted by Gasteiger charge is 2.23. The minimum absolute atomic E-state index is 0.135. The largest absolute Gasteiger partial charge is 0.383 e. The van der Waals surface area contributed by atoms with E-state index >= 15 is 0 Å². The summed E-state index contributed by atoms with van der Waals surface area (Å²) in [6, 6.07) is 9.79. The first-order chi connectivity index (χ1) is 13.4. The molecule has 1 aromatic carbocycles. The van der Waals surface area contributed by atoms with Crippen molar-refractivity contribution in [3.63, 3.8) is 0 Å². The van der Waals surface area contributed by atoms with E-state index in [2.05, 4.69) is 20.9 Å². The molecule has 0 aliphatic carbocycles. The number of hydrogen-bond donors (Lipinski definition) is 4. The molecule has 1 atom stereocenters. The lowest BCUT2D eigenvalue weighted by atomic mass is 10.1. The Labute approximate surface area is 168 Å². The lowest BCUT2D eigenvalue weighted by Gasteiger charge is -2.20. The summed E-state index contributed by atoms with van der Waals surface area (Å²) >= 11 is 1.49. The number of thiophene rings is 1. The number of benzene rings is 1. The maximum atomic E-state index is 13.2. The van der Waals surface area contributed by atoms with Crippen molar-refractivity contribution in [1.82, 2.24) is 16.0 Å². The fraction of sp³-hybridized carbons (Fsp3) is 0.400. The summed E-state index contributed by atoms with van der Waals surface area (Å²) < 4.78 is 13.2. The van der Waals surface area contributed by atoms with Crippen molar-refractivity contribution in [2.75, 3.05) is 26.2 Å². The zero-order valence-electron chi connectivity index (χ0n) is 16.2. The standard InChI is InChI=1S/C20H27FN4O2S/c1-3-22-19(25-14-20(2,27)17-8-5-11-28-17)24-10-9-23-18(26)13-15-6-4-7-16(21)12-15/h4-8,11-12,27H,3,9-10,13-14H2,1-2H3,(H,23,26)(H2,22,24,25). The van der Waals surface area contributed by atoms with Crippen LogP contribution in [0.1, 0.15) is 24.3 Å². The Bertz CT molecular complexity index is 778. The topological polar surface area (TPSA) is 85.8 Å². The molecule has 1 aromatic heterocycles. The van der Waals surface area contributed by atoms with Crippen LogP contribution in [0.15, 0.2) is 46.8 Å². The number of nitrogens with zero attached hydrogens (tertiary/aromatic N) is 1. The van der Waals surface area contributed by atoms with Gasteiger partial charge in [-0.1, -0.05) is 18.2 Å². The number of hydrogen-bond acceptors (Lipinski definition) is 4. The fourth-order valence-corrected chi connectivity index (χ4v) is 3.29. The number of rotatable bonds is 9. The van der Waals surface area contributed by atoms with Crippen molar-refractivity contribution in [3.05, 3.63) is 58.0 Å². The maximum Gasteiger partial charge on any atom is 0.224 e. The highest BCUT2D eigenvalue weighted by atomic mass is 32.1. The number of carbonyl (C=O) groups excluding carboxylic acids is 1. The first-order valence-electron chi connectivity index (χ1n) is 9.20. The molecule has 0 bridgehead atoms. The highest BCUT2D eigenvalue weighted by molar-refractivity contribution is 7.10. The molecular weight excluding hydrogens is 379 g/mol. The second kappa shape index (κ2) is 10.8. The third-order valence-corrected chi connectivity index (χ3v) is 5.06. The van der Waals surface area contributed by atoms with Crippen molar-refractivity contribution in [3.8, 4) is 0 Å². The van der Waals surface area contributed by atoms with E-state index in [0.29, 0.717) is 31.2 Å². The number of aliphatic imine (C=N–C) groups is 1. The summed E-state index contributed by atoms with van der Waals surface area (Å²) in [5.74, 6) is 0.0468. The van der Waals surface area contributed by atoms with Gasteiger partial charge in [0, 0.05) is 24.5 Å². The van der Waals surface area contributed by atoms with Gasteiger partial charge in [-0.25, -0.2) is 9.38 Å². The van der Waals surface area contributed by atoms with Gasteiger partial charge < -0.3 is 21.1 Å². The molecule has 4 N–H and O–H groups in total. The van der Waals surface area contributed by atoms with Gasteiger partial charge in [0.25, 0.3) is 0 Å². The molecule has 0 saturated carbocycles. The monoisotopic (exact) mass is 406 g/mol. The van der Waals surface area contributed by atoms with Gasteiger partial charge in [0.15, 0.2) is 5.96 Å². The van der Waals surface area contributed by atoms with Crippen molar-refractivity contribution in [2.45, 2.75) is 25.9 Å². The number of guanidine groups is 1. The second-order valence-corrected chi connectivity index (χ2v) is 7.48. The zero-order valence-corrected chi connectivity index (χ0v) is 17.0. The van der Waals surface area contributed by atoms with E-state index in [1.165, 1.54) is 23.5 Å². The summed E-state index contributed by atoms with van der Waals surface area (Å²) in [7, 11) is 0. The molecular formula is C20H27FN4O2S. The molecule has 0 aliphatic rings. The van der Waals surface area contributed by atoms with Crippen molar-refractivity contribution in [1.29, 1.82) is 0 Å². The van der Waals surface area contributed by atoms with E-state index in [0.717, 1.165) is 4.88 Å². The molecule has 6 nitrogen and oxygen atoms in total. The fourth-order valence-electron chi connectivity index (χ4n) is 2.52. The lowest BCUT2D eigenvalue weighted by molar-refractivity contribution is -0.120. The third-order valence-electron chi connectivity index (χ3n) is 3.93. The van der Waals surface area contributed by atoms with Crippen molar-refractivity contribution >= 4 is 23.2 Å². The Morgan fingerprint density at radius 1 is 1.21 bits per heavy atom. The molecule has 1 amide bonds. The molecule has 0 fully saturated rings. The summed E-state index contributed by atoms with van der Waals surface area (Å²) in [5.41, 5.74) is -0.397. The van der Waals surface area contributed by atoms with Gasteiger partial charge >= 0.3 is 0 Å². The molecule has 2 aromatic rings. The predicted octanol–water partition coefficient (Wildman–Crippen LogP) is 2.01. The van der Waals surface area contributed by atoms with Crippen LogP contribution in [0.25, 0.3) is 0 Å². The number of amides is 1. The van der Waals surface area contributed by atoms with Crippen LogP contribution < -0.4 is 16.0 Å². The third kappa shape index (κ3) is 7.28. The Balaban J connectivity index is 1.77. The Morgan fingerprint density at radius 3 is 2.68 bits per heavy atom. The number of halogens is 1. The molecule has 0 spiro atoms. The summed E-state index contributed by atoms with van der Waals surface area (Å²) in [4.78, 5) is 17.2. The van der Waals surface area contributed by atoms with Crippen LogP contribution in [0.2, 0.25) is 0 Å². The Kier molecular flexibility index (Phi) is 8.41. The maximum absolute atomic E-state index is 13.2. The first-order valence-corrected chi connectivity index (χ1v) is 10.1. The summed E-state index contributed by atoms with van der Waals surface area (Å²) in [6.07, 6.45) is 0.135. The highest BCUT2D eigenvalue weighted by Crippen LogP contribution is 2.25. The van der Waals surface area contributed by atoms with E-state index in [-0.39, 0.29) is 24.7 Å². The molecule has 152 valence electrons. The normalized spacial score (nSPS) is 13.6. The van der Waals surface area contributed by atoms with Gasteiger partial charge in [-0.2, -0.15) is 0 Å². The van der Waals surface area contributed by atoms with Gasteiger partial charge in [-0.3, -0.25) is 4.79 Å². The van der Waals surface area contributed by atoms with E-state index in [1.54, 1.807) is 19.1 Å². The lowest BCUT2D eigenvalue weighted by Crippen LogP contribution is -2.42. The molecule has 0 aliphatic heterocycles. The summed E-state index contributed by atoms with van der Waals surface area (Å²) in [6.45, 7) is 5.46. The zero-order chi connectivity index (χ0) is 20.4. The van der Waals surface area contributed by atoms with Crippen molar-refractivity contribution < 1.29 is 14.3 Å². The van der Waals surface area contributed by atoms with Gasteiger partial charge in [0.05, 0.1) is 13.0 Å². The SMILES string of the molecule is CCNC(=NCC(C)(O)c1cccs1)NCCNC(=O)Cc1cccc(F)c1. The minimum Gasteiger partial charge on any atom is -0.383 e. The van der Waals surface area contributed by atoms with Gasteiger partial charge in [0.2, 0.25) is 5.91 Å². The van der Waals surface area contributed by atoms with Gasteiger partial charge in [0.1, 0.15) is 11.4 Å². The number of carbonyl (C=O) groups is 1. The molecule has 28 heavy (non-hydrogen) atoms. The molecule has 0 saturated heterocycles. The van der Waals surface area contributed by atoms with E-state index in [1.807, 2.05) is 24.4 Å². The quantitative estimate of drug-likeness (QED) is 0.292. The Morgan fingerprint density at radius 2 is 2.00 bits per heavy atom. The van der Waals surface area contributed by atoms with E-state index < -0.39 is 5.60 Å².